The molecule has 116 valence electrons. The van der Waals surface area contributed by atoms with Crippen molar-refractivity contribution in [1.29, 1.82) is 0 Å². The van der Waals surface area contributed by atoms with Gasteiger partial charge in [0.1, 0.15) is 11.9 Å². The zero-order chi connectivity index (χ0) is 15.0. The summed E-state index contributed by atoms with van der Waals surface area (Å²) < 4.78 is 6.15. The Labute approximate surface area is 129 Å². The molecule has 4 atom stereocenters. The van der Waals surface area contributed by atoms with Crippen LogP contribution in [0.3, 0.4) is 0 Å². The molecule has 1 saturated carbocycles. The van der Waals surface area contributed by atoms with Crippen molar-refractivity contribution < 1.29 is 4.74 Å². The van der Waals surface area contributed by atoms with E-state index in [9.17, 15) is 0 Å². The van der Waals surface area contributed by atoms with Gasteiger partial charge in [-0.1, -0.05) is 31.5 Å². The fourth-order valence-corrected chi connectivity index (χ4v) is 4.12. The molecule has 21 heavy (non-hydrogen) atoms. The molecule has 0 spiro atoms. The topological polar surface area (TPSA) is 35.2 Å². The number of hydrogen-bond acceptors (Lipinski definition) is 2. The van der Waals surface area contributed by atoms with Crippen molar-refractivity contribution in [3.63, 3.8) is 0 Å². The van der Waals surface area contributed by atoms with Crippen LogP contribution in [-0.4, -0.2) is 12.1 Å². The Morgan fingerprint density at radius 2 is 2.10 bits per heavy atom. The van der Waals surface area contributed by atoms with Gasteiger partial charge >= 0.3 is 0 Å². The first-order valence-corrected chi connectivity index (χ1v) is 8.54. The molecule has 0 bridgehead atoms. The maximum Gasteiger partial charge on any atom is 0.123 e. The number of hydrogen-bond donors (Lipinski definition) is 1. The van der Waals surface area contributed by atoms with Crippen LogP contribution in [-0.2, 0) is 6.42 Å². The van der Waals surface area contributed by atoms with E-state index in [-0.39, 0.29) is 0 Å². The molecule has 1 heterocycles. The molecule has 1 fully saturated rings. The van der Waals surface area contributed by atoms with E-state index in [4.69, 9.17) is 10.5 Å². The highest BCUT2D eigenvalue weighted by molar-refractivity contribution is 5.40. The number of aryl methyl sites for hydroxylation is 1. The lowest BCUT2D eigenvalue weighted by molar-refractivity contribution is 0.128. The van der Waals surface area contributed by atoms with E-state index in [1.54, 1.807) is 0 Å². The molecule has 0 radical (unpaired) electrons. The average Bonchev–Trinajstić information content (AvgIpc) is 2.82. The number of rotatable bonds is 3. The molecular formula is C19H29NO. The van der Waals surface area contributed by atoms with Crippen LogP contribution in [0, 0.1) is 24.7 Å². The Kier molecular flexibility index (Phi) is 4.26. The Bertz CT molecular complexity index is 496. The second kappa shape index (κ2) is 6.00. The van der Waals surface area contributed by atoms with Gasteiger partial charge in [-0.05, 0) is 62.0 Å². The molecule has 2 aliphatic rings. The Hall–Kier alpha value is -1.02. The lowest BCUT2D eigenvalue weighted by Gasteiger charge is -2.37. The summed E-state index contributed by atoms with van der Waals surface area (Å²) in [7, 11) is 0. The second-order valence-electron chi connectivity index (χ2n) is 7.53. The maximum atomic E-state index is 6.39. The highest BCUT2D eigenvalue weighted by Crippen LogP contribution is 2.38. The van der Waals surface area contributed by atoms with Crippen LogP contribution in [0.25, 0.3) is 0 Å². The molecule has 2 heteroatoms. The van der Waals surface area contributed by atoms with Gasteiger partial charge in [-0.25, -0.2) is 0 Å². The van der Waals surface area contributed by atoms with Crippen LogP contribution in [0.5, 0.6) is 5.75 Å². The first kappa shape index (κ1) is 14.9. The summed E-state index contributed by atoms with van der Waals surface area (Å²) in [6.45, 7) is 6.85. The summed E-state index contributed by atoms with van der Waals surface area (Å²) in [5.41, 5.74) is 9.10. The number of benzene rings is 1. The molecule has 2 N–H and O–H groups in total. The molecule has 1 aromatic rings. The van der Waals surface area contributed by atoms with Crippen molar-refractivity contribution in [2.24, 2.45) is 23.5 Å². The maximum absolute atomic E-state index is 6.39. The second-order valence-corrected chi connectivity index (χ2v) is 7.53. The number of nitrogens with two attached hydrogens (primary N) is 1. The fraction of sp³-hybridized carbons (Fsp3) is 0.684. The van der Waals surface area contributed by atoms with Crippen LogP contribution < -0.4 is 10.5 Å². The summed E-state index contributed by atoms with van der Waals surface area (Å²) in [6, 6.07) is 6.91. The normalized spacial score (nSPS) is 32.0. The molecule has 0 saturated heterocycles. The number of fused-ring (bicyclic) bond motifs is 1. The lowest BCUT2D eigenvalue weighted by atomic mass is 9.72. The predicted octanol–water partition coefficient (Wildman–Crippen LogP) is 4.09. The van der Waals surface area contributed by atoms with Crippen molar-refractivity contribution in [2.45, 2.75) is 65.0 Å². The standard InChI is InChI=1S/C19H29NO/c1-12(2)14-5-6-18(20)15(9-14)10-17-11-16-8-13(3)4-7-19(16)21-17/h4,7-8,12,14-15,17-18H,5-6,9-11,20H2,1-3H3. The molecule has 1 aromatic carbocycles. The molecule has 3 rings (SSSR count). The third kappa shape index (κ3) is 3.26. The minimum absolute atomic E-state index is 0.337. The zero-order valence-electron chi connectivity index (χ0n) is 13.6. The van der Waals surface area contributed by atoms with E-state index >= 15 is 0 Å². The summed E-state index contributed by atoms with van der Waals surface area (Å²) in [6.07, 6.45) is 6.30. The van der Waals surface area contributed by atoms with Gasteiger partial charge in [0.2, 0.25) is 0 Å². The number of ether oxygens (including phenoxy) is 1. The lowest BCUT2D eigenvalue weighted by Crippen LogP contribution is -2.39. The molecule has 2 nitrogen and oxygen atoms in total. The third-order valence-corrected chi connectivity index (χ3v) is 5.55. The van der Waals surface area contributed by atoms with Crippen LogP contribution >= 0.6 is 0 Å². The molecule has 1 aliphatic carbocycles. The average molecular weight is 287 g/mol. The van der Waals surface area contributed by atoms with Gasteiger partial charge in [-0.2, -0.15) is 0 Å². The van der Waals surface area contributed by atoms with Gasteiger partial charge in [0.25, 0.3) is 0 Å². The van der Waals surface area contributed by atoms with Crippen molar-refractivity contribution in [2.75, 3.05) is 0 Å². The van der Waals surface area contributed by atoms with Gasteiger partial charge in [-0.3, -0.25) is 0 Å². The van der Waals surface area contributed by atoms with E-state index in [1.165, 1.54) is 30.4 Å². The first-order chi connectivity index (χ1) is 10.0. The molecule has 0 amide bonds. The smallest absolute Gasteiger partial charge is 0.123 e. The zero-order valence-corrected chi connectivity index (χ0v) is 13.6. The van der Waals surface area contributed by atoms with E-state index in [1.807, 2.05) is 0 Å². The van der Waals surface area contributed by atoms with E-state index < -0.39 is 0 Å². The van der Waals surface area contributed by atoms with Crippen molar-refractivity contribution in [3.05, 3.63) is 29.3 Å². The van der Waals surface area contributed by atoms with E-state index in [2.05, 4.69) is 39.0 Å². The van der Waals surface area contributed by atoms with Gasteiger partial charge in [-0.15, -0.1) is 0 Å². The van der Waals surface area contributed by atoms with Crippen LogP contribution in [0.4, 0.5) is 0 Å². The summed E-state index contributed by atoms with van der Waals surface area (Å²) in [4.78, 5) is 0. The van der Waals surface area contributed by atoms with Crippen molar-refractivity contribution in [3.8, 4) is 5.75 Å². The Morgan fingerprint density at radius 3 is 2.86 bits per heavy atom. The Morgan fingerprint density at radius 1 is 1.29 bits per heavy atom. The van der Waals surface area contributed by atoms with Gasteiger partial charge < -0.3 is 10.5 Å². The van der Waals surface area contributed by atoms with Gasteiger partial charge in [0, 0.05) is 12.5 Å². The molecule has 1 aliphatic heterocycles. The van der Waals surface area contributed by atoms with Crippen molar-refractivity contribution in [1.82, 2.24) is 0 Å². The summed E-state index contributed by atoms with van der Waals surface area (Å²) in [5, 5.41) is 0. The third-order valence-electron chi connectivity index (χ3n) is 5.55. The van der Waals surface area contributed by atoms with Crippen LogP contribution in [0.15, 0.2) is 18.2 Å². The minimum Gasteiger partial charge on any atom is -0.490 e. The monoisotopic (exact) mass is 287 g/mol. The van der Waals surface area contributed by atoms with Crippen LogP contribution in [0.2, 0.25) is 0 Å². The largest absolute Gasteiger partial charge is 0.490 e. The van der Waals surface area contributed by atoms with Crippen molar-refractivity contribution >= 4 is 0 Å². The first-order valence-electron chi connectivity index (χ1n) is 8.54. The fourth-order valence-electron chi connectivity index (χ4n) is 4.12. The van der Waals surface area contributed by atoms with Gasteiger partial charge in [0.15, 0.2) is 0 Å². The summed E-state index contributed by atoms with van der Waals surface area (Å²) >= 11 is 0. The van der Waals surface area contributed by atoms with E-state index in [0.717, 1.165) is 30.4 Å². The highest BCUT2D eigenvalue weighted by Gasteiger charge is 2.33. The molecule has 4 unspecified atom stereocenters. The SMILES string of the molecule is Cc1ccc2c(c1)CC(CC1CC(C(C)C)CCC1N)O2. The van der Waals surface area contributed by atoms with E-state index in [0.29, 0.717) is 18.1 Å². The highest BCUT2D eigenvalue weighted by atomic mass is 16.5. The predicted molar refractivity (Wildman–Crippen MR) is 87.6 cm³/mol. The molecular weight excluding hydrogens is 258 g/mol. The summed E-state index contributed by atoms with van der Waals surface area (Å²) in [5.74, 6) is 3.35. The van der Waals surface area contributed by atoms with Gasteiger partial charge in [0.05, 0.1) is 0 Å². The Balaban J connectivity index is 1.62. The minimum atomic E-state index is 0.337. The molecule has 0 aromatic heterocycles. The quantitative estimate of drug-likeness (QED) is 0.909. The van der Waals surface area contributed by atoms with Crippen LogP contribution in [0.1, 0.15) is 50.7 Å².